The summed E-state index contributed by atoms with van der Waals surface area (Å²) in [6.45, 7) is -2.32. The molecule has 0 radical (unpaired) electrons. The molecule has 4 amide bonds. The van der Waals surface area contributed by atoms with E-state index in [1.165, 1.54) is 28.8 Å². The number of benzene rings is 1. The minimum atomic E-state index is -4.76. The van der Waals surface area contributed by atoms with Crippen molar-refractivity contribution in [2.75, 3.05) is 32.0 Å². The molecule has 4 rings (SSSR count). The van der Waals surface area contributed by atoms with Gasteiger partial charge in [-0.25, -0.2) is 19.0 Å². The van der Waals surface area contributed by atoms with Gasteiger partial charge in [0.05, 0.1) is 30.4 Å². The van der Waals surface area contributed by atoms with Crippen molar-refractivity contribution in [3.8, 4) is 0 Å². The van der Waals surface area contributed by atoms with Crippen molar-refractivity contribution in [3.05, 3.63) is 46.0 Å². The average molecular weight is 549 g/mol. The first-order valence-electron chi connectivity index (χ1n) is 10.9. The van der Waals surface area contributed by atoms with Crippen LogP contribution in [0.5, 0.6) is 0 Å². The third kappa shape index (κ3) is 5.88. The summed E-state index contributed by atoms with van der Waals surface area (Å²) < 4.78 is 53.1. The first-order valence-corrected chi connectivity index (χ1v) is 11.3. The van der Waals surface area contributed by atoms with Gasteiger partial charge in [0.2, 0.25) is 0 Å². The molecule has 0 bridgehead atoms. The van der Waals surface area contributed by atoms with Crippen LogP contribution in [0, 0.1) is 5.82 Å². The Kier molecular flexibility index (Phi) is 7.19. The monoisotopic (exact) mass is 548 g/mol. The molecule has 0 saturated heterocycles. The first-order chi connectivity index (χ1) is 17.3. The van der Waals surface area contributed by atoms with Crippen molar-refractivity contribution >= 4 is 35.3 Å². The number of urea groups is 1. The number of halogens is 5. The van der Waals surface area contributed by atoms with Crippen molar-refractivity contribution in [3.63, 3.8) is 0 Å². The number of aromatic nitrogens is 2. The molecule has 2 aliphatic rings. The van der Waals surface area contributed by atoms with Crippen LogP contribution in [0.3, 0.4) is 0 Å². The van der Waals surface area contributed by atoms with Crippen molar-refractivity contribution in [2.45, 2.75) is 31.8 Å². The van der Waals surface area contributed by atoms with Crippen molar-refractivity contribution in [2.24, 2.45) is 0 Å². The van der Waals surface area contributed by atoms with Crippen LogP contribution in [0.25, 0.3) is 0 Å². The highest BCUT2D eigenvalue weighted by molar-refractivity contribution is 6.31. The van der Waals surface area contributed by atoms with Crippen LogP contribution in [-0.2, 0) is 24.3 Å². The molecule has 0 spiro atoms. The number of amides is 4. The number of carbonyl (C=O) groups excluding carboxylic acids is 2. The number of anilines is 1. The molecule has 11 nitrogen and oxygen atoms in total. The maximum atomic E-state index is 13.4. The van der Waals surface area contributed by atoms with Gasteiger partial charge in [-0.15, -0.1) is 0 Å². The van der Waals surface area contributed by atoms with Crippen molar-refractivity contribution in [1.82, 2.24) is 24.6 Å². The topological polar surface area (TPSA) is 120 Å². The lowest BCUT2D eigenvalue weighted by atomic mass is 10.1. The normalized spacial score (nSPS) is 17.7. The van der Waals surface area contributed by atoms with E-state index in [-0.39, 0.29) is 47.4 Å². The molecule has 2 N–H and O–H groups in total. The van der Waals surface area contributed by atoms with Crippen LogP contribution in [0.2, 0.25) is 5.02 Å². The smallest absolute Gasteiger partial charge is 0.407 e. The molecule has 37 heavy (non-hydrogen) atoms. The third-order valence-electron chi connectivity index (χ3n) is 5.80. The predicted molar refractivity (Wildman–Crippen MR) is 119 cm³/mol. The largest absolute Gasteiger partial charge is 0.465 e. The van der Waals surface area contributed by atoms with Gasteiger partial charge in [0, 0.05) is 31.3 Å². The van der Waals surface area contributed by atoms with E-state index in [1.807, 2.05) is 0 Å². The molecular weight excluding hydrogens is 528 g/mol. The molecule has 2 aromatic rings. The minimum absolute atomic E-state index is 0.00893. The summed E-state index contributed by atoms with van der Waals surface area (Å²) in [6, 6.07) is 3.18. The molecule has 2 aliphatic heterocycles. The number of carbonyl (C=O) groups is 3. The summed E-state index contributed by atoms with van der Waals surface area (Å²) in [4.78, 5) is 44.2. The molecule has 1 unspecified atom stereocenters. The third-order valence-corrected chi connectivity index (χ3v) is 6.09. The summed E-state index contributed by atoms with van der Waals surface area (Å²) in [5.41, 5.74) is 1.31. The van der Waals surface area contributed by atoms with Gasteiger partial charge in [0.25, 0.3) is 5.91 Å². The molecule has 16 heteroatoms. The van der Waals surface area contributed by atoms with Crippen molar-refractivity contribution in [1.29, 1.82) is 0 Å². The number of nitrogens with zero attached hydrogens (tertiary/aromatic N) is 5. The standard InChI is InChI=1S/C21H21ClF4N6O5/c1-29-18(33)17-13-9-30(19(34)27-11-2-3-15(23)14(22)6-11)5-4-16(13)28-32(17)8-12(37-29)7-31(20(35)36)10-21(24,25)26/h2-3,6,12H,4-5,7-10H2,1H3,(H,27,34)(H,35,36). The lowest BCUT2D eigenvalue weighted by Gasteiger charge is -2.28. The van der Waals surface area contributed by atoms with Crippen LogP contribution in [-0.4, -0.2) is 86.7 Å². The van der Waals surface area contributed by atoms with E-state index in [2.05, 4.69) is 10.4 Å². The van der Waals surface area contributed by atoms with E-state index in [0.29, 0.717) is 11.3 Å². The number of hydrogen-bond acceptors (Lipinski definition) is 5. The van der Waals surface area contributed by atoms with E-state index < -0.39 is 49.2 Å². The highest BCUT2D eigenvalue weighted by Gasteiger charge is 2.38. The van der Waals surface area contributed by atoms with Gasteiger partial charge in [-0.1, -0.05) is 11.6 Å². The second-order valence-corrected chi connectivity index (χ2v) is 8.90. The fourth-order valence-corrected chi connectivity index (χ4v) is 4.34. The molecule has 1 atom stereocenters. The second kappa shape index (κ2) is 10.0. The van der Waals surface area contributed by atoms with Crippen LogP contribution >= 0.6 is 11.6 Å². The zero-order valence-electron chi connectivity index (χ0n) is 19.3. The van der Waals surface area contributed by atoms with E-state index in [4.69, 9.17) is 16.4 Å². The van der Waals surface area contributed by atoms with E-state index in [1.54, 1.807) is 0 Å². The Bertz CT molecular complexity index is 1240. The summed E-state index contributed by atoms with van der Waals surface area (Å²) in [6.07, 6.45) is -7.41. The quantitative estimate of drug-likeness (QED) is 0.566. The lowest BCUT2D eigenvalue weighted by Crippen LogP contribution is -2.45. The summed E-state index contributed by atoms with van der Waals surface area (Å²) >= 11 is 5.76. The number of nitrogens with one attached hydrogen (secondary N) is 1. The lowest BCUT2D eigenvalue weighted by molar-refractivity contribution is -0.168. The zero-order valence-corrected chi connectivity index (χ0v) is 20.0. The summed E-state index contributed by atoms with van der Waals surface area (Å²) in [7, 11) is 1.25. The summed E-state index contributed by atoms with van der Waals surface area (Å²) in [5, 5.41) is 16.9. The van der Waals surface area contributed by atoms with Gasteiger partial charge in [0.1, 0.15) is 24.2 Å². The molecule has 3 heterocycles. The fraction of sp³-hybridized carbons (Fsp3) is 0.429. The number of hydrogen-bond donors (Lipinski definition) is 2. The van der Waals surface area contributed by atoms with E-state index >= 15 is 0 Å². The second-order valence-electron chi connectivity index (χ2n) is 8.49. The molecular formula is C21H21ClF4N6O5. The Labute approximate surface area is 212 Å². The van der Waals surface area contributed by atoms with E-state index in [9.17, 15) is 37.1 Å². The van der Waals surface area contributed by atoms with Crippen LogP contribution in [0.15, 0.2) is 18.2 Å². The van der Waals surface area contributed by atoms with Crippen LogP contribution < -0.4 is 5.32 Å². The molecule has 200 valence electrons. The number of hydroxylamine groups is 2. The van der Waals surface area contributed by atoms with E-state index in [0.717, 1.165) is 11.1 Å². The highest BCUT2D eigenvalue weighted by Crippen LogP contribution is 2.28. The van der Waals surface area contributed by atoms with Gasteiger partial charge in [-0.3, -0.25) is 19.2 Å². The number of fused-ring (bicyclic) bond motifs is 3. The summed E-state index contributed by atoms with van der Waals surface area (Å²) in [5.74, 6) is -1.29. The SMILES string of the molecule is CN1OC(CN(CC(F)(F)F)C(=O)O)Cn2nc3c(c2C1=O)CN(C(=O)Nc1ccc(F)c(Cl)c1)CC3. The van der Waals surface area contributed by atoms with Crippen LogP contribution in [0.1, 0.15) is 21.7 Å². The minimum Gasteiger partial charge on any atom is -0.465 e. The van der Waals surface area contributed by atoms with Crippen molar-refractivity contribution < 1.29 is 41.9 Å². The Hall–Kier alpha value is -3.59. The average Bonchev–Trinajstić information content (AvgIpc) is 3.10. The molecule has 1 aromatic carbocycles. The highest BCUT2D eigenvalue weighted by atomic mass is 35.5. The van der Waals surface area contributed by atoms with Gasteiger partial charge < -0.3 is 15.3 Å². The number of alkyl halides is 3. The number of rotatable bonds is 4. The van der Waals surface area contributed by atoms with Gasteiger partial charge >= 0.3 is 18.3 Å². The van der Waals surface area contributed by atoms with Gasteiger partial charge in [-0.05, 0) is 18.2 Å². The van der Waals surface area contributed by atoms with Crippen LogP contribution in [0.4, 0.5) is 32.8 Å². The molecule has 0 fully saturated rings. The Morgan fingerprint density at radius 1 is 1.35 bits per heavy atom. The molecule has 0 saturated carbocycles. The molecule has 0 aliphatic carbocycles. The first kappa shape index (κ1) is 26.5. The van der Waals surface area contributed by atoms with Gasteiger partial charge in [-0.2, -0.15) is 18.3 Å². The Morgan fingerprint density at radius 3 is 2.73 bits per heavy atom. The Balaban J connectivity index is 1.53. The number of carboxylic acid groups (broad SMARTS) is 1. The molecule has 1 aromatic heterocycles. The fourth-order valence-electron chi connectivity index (χ4n) is 4.16. The predicted octanol–water partition coefficient (Wildman–Crippen LogP) is 3.19. The Morgan fingerprint density at radius 2 is 2.08 bits per heavy atom. The maximum Gasteiger partial charge on any atom is 0.407 e. The maximum absolute atomic E-state index is 13.4. The zero-order chi connectivity index (χ0) is 27.1. The van der Waals surface area contributed by atoms with Gasteiger partial charge in [0.15, 0.2) is 0 Å².